The van der Waals surface area contributed by atoms with Gasteiger partial charge in [0.2, 0.25) is 5.91 Å². The first kappa shape index (κ1) is 10.5. The molecule has 0 aromatic heterocycles. The number of amides is 1. The van der Waals surface area contributed by atoms with Gasteiger partial charge in [-0.3, -0.25) is 9.59 Å². The summed E-state index contributed by atoms with van der Waals surface area (Å²) in [5, 5.41) is 10.9. The third-order valence-electron chi connectivity index (χ3n) is 3.77. The van der Waals surface area contributed by atoms with Crippen LogP contribution in [0, 0.1) is 11.3 Å². The van der Waals surface area contributed by atoms with E-state index in [0.717, 1.165) is 19.3 Å². The molecule has 0 aromatic carbocycles. The van der Waals surface area contributed by atoms with Crippen LogP contribution in [0.2, 0.25) is 0 Å². The minimum Gasteiger partial charge on any atom is -0.480 e. The minimum absolute atomic E-state index is 0.0562. The van der Waals surface area contributed by atoms with Crippen molar-refractivity contribution in [2.24, 2.45) is 11.3 Å². The van der Waals surface area contributed by atoms with Crippen LogP contribution in [0.3, 0.4) is 0 Å². The molecule has 15 heavy (non-hydrogen) atoms. The smallest absolute Gasteiger partial charge is 0.322 e. The first-order valence-corrected chi connectivity index (χ1v) is 5.64. The van der Waals surface area contributed by atoms with E-state index in [1.165, 1.54) is 19.3 Å². The number of carboxylic acids is 1. The normalized spacial score (nSPS) is 27.3. The summed E-state index contributed by atoms with van der Waals surface area (Å²) in [7, 11) is 0. The van der Waals surface area contributed by atoms with Gasteiger partial charge in [0.15, 0.2) is 0 Å². The molecule has 4 nitrogen and oxygen atoms in total. The zero-order chi connectivity index (χ0) is 10.9. The van der Waals surface area contributed by atoms with Crippen LogP contribution in [0.15, 0.2) is 0 Å². The molecule has 1 atom stereocenters. The summed E-state index contributed by atoms with van der Waals surface area (Å²) in [6.45, 7) is -0.245. The van der Waals surface area contributed by atoms with Crippen molar-refractivity contribution in [3.05, 3.63) is 0 Å². The standard InChI is InChI=1S/C11H17NO3/c13-9(14)7-12-10(15)8-6-11(8)4-2-1-3-5-11/h8H,1-7H2,(H,12,15)(H,13,14)/t8-/m0/s1. The lowest BCUT2D eigenvalue weighted by Gasteiger charge is -2.21. The van der Waals surface area contributed by atoms with Crippen molar-refractivity contribution in [2.45, 2.75) is 38.5 Å². The fraction of sp³-hybridized carbons (Fsp3) is 0.818. The van der Waals surface area contributed by atoms with Crippen molar-refractivity contribution in [2.75, 3.05) is 6.54 Å². The molecule has 0 bridgehead atoms. The van der Waals surface area contributed by atoms with E-state index in [0.29, 0.717) is 0 Å². The molecule has 2 N–H and O–H groups in total. The minimum atomic E-state index is -0.971. The number of rotatable bonds is 3. The van der Waals surface area contributed by atoms with Gasteiger partial charge in [-0.2, -0.15) is 0 Å². The van der Waals surface area contributed by atoms with Crippen molar-refractivity contribution in [3.63, 3.8) is 0 Å². The van der Waals surface area contributed by atoms with Gasteiger partial charge in [-0.1, -0.05) is 19.3 Å². The molecule has 1 spiro atoms. The van der Waals surface area contributed by atoms with Crippen molar-refractivity contribution < 1.29 is 14.7 Å². The highest BCUT2D eigenvalue weighted by molar-refractivity contribution is 5.85. The van der Waals surface area contributed by atoms with Gasteiger partial charge in [-0.25, -0.2) is 0 Å². The fourth-order valence-corrected chi connectivity index (χ4v) is 2.81. The van der Waals surface area contributed by atoms with E-state index in [9.17, 15) is 9.59 Å². The Morgan fingerprint density at radius 1 is 1.27 bits per heavy atom. The topological polar surface area (TPSA) is 66.4 Å². The zero-order valence-electron chi connectivity index (χ0n) is 8.79. The van der Waals surface area contributed by atoms with Gasteiger partial charge in [0.1, 0.15) is 6.54 Å². The second kappa shape index (κ2) is 3.83. The average Bonchev–Trinajstić information content (AvgIpc) is 2.90. The lowest BCUT2D eigenvalue weighted by molar-refractivity contribution is -0.138. The Labute approximate surface area is 89.0 Å². The van der Waals surface area contributed by atoms with Crippen LogP contribution in [0.1, 0.15) is 38.5 Å². The third-order valence-corrected chi connectivity index (χ3v) is 3.77. The van der Waals surface area contributed by atoms with Gasteiger partial charge in [0, 0.05) is 5.92 Å². The summed E-state index contributed by atoms with van der Waals surface area (Å²) in [5.41, 5.74) is 0.251. The number of hydrogen-bond acceptors (Lipinski definition) is 2. The first-order chi connectivity index (χ1) is 7.14. The Morgan fingerprint density at radius 3 is 2.53 bits per heavy atom. The quantitative estimate of drug-likeness (QED) is 0.736. The monoisotopic (exact) mass is 211 g/mol. The van der Waals surface area contributed by atoms with E-state index >= 15 is 0 Å². The van der Waals surface area contributed by atoms with Gasteiger partial charge in [-0.05, 0) is 24.7 Å². The average molecular weight is 211 g/mol. The molecule has 0 radical (unpaired) electrons. The molecule has 2 rings (SSSR count). The van der Waals surface area contributed by atoms with Crippen molar-refractivity contribution in [1.29, 1.82) is 0 Å². The fourth-order valence-electron chi connectivity index (χ4n) is 2.81. The summed E-state index contributed by atoms with van der Waals surface area (Å²) in [5.74, 6) is -0.932. The summed E-state index contributed by atoms with van der Waals surface area (Å²) < 4.78 is 0. The molecule has 2 saturated carbocycles. The number of aliphatic carboxylic acids is 1. The van der Waals surface area contributed by atoms with E-state index in [4.69, 9.17) is 5.11 Å². The number of carboxylic acid groups (broad SMARTS) is 1. The number of carbonyl (C=O) groups excluding carboxylic acids is 1. The van der Waals surface area contributed by atoms with E-state index in [1.54, 1.807) is 0 Å². The van der Waals surface area contributed by atoms with E-state index in [1.807, 2.05) is 0 Å². The zero-order valence-corrected chi connectivity index (χ0v) is 8.79. The highest BCUT2D eigenvalue weighted by atomic mass is 16.4. The lowest BCUT2D eigenvalue weighted by atomic mass is 9.84. The van der Waals surface area contributed by atoms with Gasteiger partial charge in [0.25, 0.3) is 0 Å². The molecule has 0 heterocycles. The summed E-state index contributed by atoms with van der Waals surface area (Å²) in [6, 6.07) is 0. The Balaban J connectivity index is 1.81. The van der Waals surface area contributed by atoms with Gasteiger partial charge >= 0.3 is 5.97 Å². The Bertz CT molecular complexity index is 282. The van der Waals surface area contributed by atoms with Gasteiger partial charge < -0.3 is 10.4 Å². The molecule has 2 aliphatic carbocycles. The molecule has 1 amide bonds. The summed E-state index contributed by atoms with van der Waals surface area (Å²) in [6.07, 6.45) is 7.01. The second-order valence-corrected chi connectivity index (χ2v) is 4.79. The molecule has 2 fully saturated rings. The molecule has 0 aromatic rings. The van der Waals surface area contributed by atoms with E-state index < -0.39 is 5.97 Å². The Kier molecular flexibility index (Phi) is 2.67. The maximum absolute atomic E-state index is 11.6. The summed E-state index contributed by atoms with van der Waals surface area (Å²) >= 11 is 0. The van der Waals surface area contributed by atoms with Crippen LogP contribution >= 0.6 is 0 Å². The highest BCUT2D eigenvalue weighted by Gasteiger charge is 2.57. The molecule has 0 aliphatic heterocycles. The molecule has 84 valence electrons. The van der Waals surface area contributed by atoms with Crippen LogP contribution in [-0.2, 0) is 9.59 Å². The van der Waals surface area contributed by atoms with Crippen LogP contribution in [0.5, 0.6) is 0 Å². The number of nitrogens with one attached hydrogen (secondary N) is 1. The SMILES string of the molecule is O=C(O)CNC(=O)[C@@H]1CC12CCCCC2. The molecule has 0 unspecified atom stereocenters. The first-order valence-electron chi connectivity index (χ1n) is 5.64. The molecule has 2 aliphatic rings. The maximum atomic E-state index is 11.6. The summed E-state index contributed by atoms with van der Waals surface area (Å²) in [4.78, 5) is 21.9. The highest BCUT2D eigenvalue weighted by Crippen LogP contribution is 2.61. The molecular formula is C11H17NO3. The maximum Gasteiger partial charge on any atom is 0.322 e. The van der Waals surface area contributed by atoms with E-state index in [-0.39, 0.29) is 23.8 Å². The molecule has 0 saturated heterocycles. The Hall–Kier alpha value is -1.06. The van der Waals surface area contributed by atoms with E-state index in [2.05, 4.69) is 5.32 Å². The number of carbonyl (C=O) groups is 2. The van der Waals surface area contributed by atoms with Crippen LogP contribution in [-0.4, -0.2) is 23.5 Å². The van der Waals surface area contributed by atoms with Crippen molar-refractivity contribution >= 4 is 11.9 Å². The van der Waals surface area contributed by atoms with Crippen molar-refractivity contribution in [3.8, 4) is 0 Å². The van der Waals surface area contributed by atoms with Crippen molar-refractivity contribution in [1.82, 2.24) is 5.32 Å². The molecule has 4 heteroatoms. The van der Waals surface area contributed by atoms with Crippen LogP contribution in [0.4, 0.5) is 0 Å². The van der Waals surface area contributed by atoms with Gasteiger partial charge in [-0.15, -0.1) is 0 Å². The Morgan fingerprint density at radius 2 is 1.93 bits per heavy atom. The molecular weight excluding hydrogens is 194 g/mol. The lowest BCUT2D eigenvalue weighted by Crippen LogP contribution is -2.32. The van der Waals surface area contributed by atoms with Gasteiger partial charge in [0.05, 0.1) is 0 Å². The number of hydrogen-bond donors (Lipinski definition) is 2. The largest absolute Gasteiger partial charge is 0.480 e. The van der Waals surface area contributed by atoms with Crippen LogP contribution in [0.25, 0.3) is 0 Å². The predicted molar refractivity (Wildman–Crippen MR) is 54.3 cm³/mol. The van der Waals surface area contributed by atoms with Crippen LogP contribution < -0.4 is 5.32 Å². The third kappa shape index (κ3) is 2.13. The predicted octanol–water partition coefficient (Wildman–Crippen LogP) is 1.16. The second-order valence-electron chi connectivity index (χ2n) is 4.79.